The molecule has 2 aliphatic rings. The molecule has 0 aliphatic carbocycles. The Bertz CT molecular complexity index is 950. The van der Waals surface area contributed by atoms with Gasteiger partial charge in [-0.2, -0.15) is 4.98 Å². The van der Waals surface area contributed by atoms with Gasteiger partial charge in [0, 0.05) is 52.0 Å². The standard InChI is InChI=1S/C24H27N5/c1-2-6-20(7-3-1)18-27-14-16-28(17-15-27)24-25-12-10-23(26-24)29-13-11-21-8-4-5-9-22(21)19-29/h1-10,12H,11,13-19H2. The summed E-state index contributed by atoms with van der Waals surface area (Å²) in [5.74, 6) is 1.90. The van der Waals surface area contributed by atoms with E-state index in [1.54, 1.807) is 0 Å². The van der Waals surface area contributed by atoms with Crippen LogP contribution in [-0.2, 0) is 19.5 Å². The van der Waals surface area contributed by atoms with Crippen molar-refractivity contribution in [2.24, 2.45) is 0 Å². The van der Waals surface area contributed by atoms with Gasteiger partial charge in [0.05, 0.1) is 0 Å². The van der Waals surface area contributed by atoms with E-state index in [0.717, 1.165) is 64.0 Å². The van der Waals surface area contributed by atoms with Crippen molar-refractivity contribution in [1.82, 2.24) is 14.9 Å². The molecule has 3 heterocycles. The lowest BCUT2D eigenvalue weighted by Crippen LogP contribution is -2.46. The van der Waals surface area contributed by atoms with Crippen molar-refractivity contribution in [2.45, 2.75) is 19.5 Å². The highest BCUT2D eigenvalue weighted by atomic mass is 15.3. The van der Waals surface area contributed by atoms with Crippen molar-refractivity contribution in [3.63, 3.8) is 0 Å². The number of hydrogen-bond donors (Lipinski definition) is 0. The summed E-state index contributed by atoms with van der Waals surface area (Å²) in [7, 11) is 0. The number of nitrogens with zero attached hydrogens (tertiary/aromatic N) is 5. The molecule has 0 saturated carbocycles. The molecule has 1 fully saturated rings. The van der Waals surface area contributed by atoms with Crippen LogP contribution in [0.5, 0.6) is 0 Å². The summed E-state index contributed by atoms with van der Waals surface area (Å²) in [6.07, 6.45) is 2.99. The fourth-order valence-corrected chi connectivity index (χ4v) is 4.31. The van der Waals surface area contributed by atoms with E-state index in [1.165, 1.54) is 16.7 Å². The van der Waals surface area contributed by atoms with Gasteiger partial charge >= 0.3 is 0 Å². The van der Waals surface area contributed by atoms with Crippen LogP contribution in [0.25, 0.3) is 0 Å². The Balaban J connectivity index is 1.23. The summed E-state index contributed by atoms with van der Waals surface area (Å²) in [5.41, 5.74) is 4.26. The molecule has 0 radical (unpaired) electrons. The number of fused-ring (bicyclic) bond motifs is 1. The lowest BCUT2D eigenvalue weighted by molar-refractivity contribution is 0.248. The van der Waals surface area contributed by atoms with Crippen LogP contribution < -0.4 is 9.80 Å². The second-order valence-electron chi connectivity index (χ2n) is 7.90. The summed E-state index contributed by atoms with van der Waals surface area (Å²) < 4.78 is 0. The summed E-state index contributed by atoms with van der Waals surface area (Å²) in [6, 6.07) is 21.5. The van der Waals surface area contributed by atoms with Crippen LogP contribution in [0.1, 0.15) is 16.7 Å². The monoisotopic (exact) mass is 385 g/mol. The second-order valence-corrected chi connectivity index (χ2v) is 7.90. The molecule has 0 N–H and O–H groups in total. The minimum Gasteiger partial charge on any atom is -0.352 e. The molecule has 0 spiro atoms. The van der Waals surface area contributed by atoms with Crippen LogP contribution in [-0.4, -0.2) is 47.6 Å². The van der Waals surface area contributed by atoms with Crippen LogP contribution >= 0.6 is 0 Å². The van der Waals surface area contributed by atoms with E-state index in [9.17, 15) is 0 Å². The smallest absolute Gasteiger partial charge is 0.227 e. The van der Waals surface area contributed by atoms with Gasteiger partial charge in [-0.25, -0.2) is 4.98 Å². The van der Waals surface area contributed by atoms with Crippen molar-refractivity contribution in [3.05, 3.63) is 83.6 Å². The molecule has 2 aliphatic heterocycles. The number of anilines is 2. The maximum atomic E-state index is 4.92. The molecule has 29 heavy (non-hydrogen) atoms. The molecule has 3 aromatic rings. The molecule has 2 aromatic carbocycles. The minimum atomic E-state index is 0.862. The molecule has 1 saturated heterocycles. The molecular formula is C24H27N5. The first-order chi connectivity index (χ1) is 14.3. The van der Waals surface area contributed by atoms with Gasteiger partial charge in [0.15, 0.2) is 0 Å². The van der Waals surface area contributed by atoms with Gasteiger partial charge in [0.2, 0.25) is 5.95 Å². The van der Waals surface area contributed by atoms with E-state index in [1.807, 2.05) is 12.3 Å². The van der Waals surface area contributed by atoms with E-state index in [4.69, 9.17) is 4.98 Å². The molecule has 1 aromatic heterocycles. The molecule has 5 heteroatoms. The van der Waals surface area contributed by atoms with E-state index in [0.29, 0.717) is 0 Å². The van der Waals surface area contributed by atoms with Gasteiger partial charge in [0.1, 0.15) is 5.82 Å². The Labute approximate surface area is 172 Å². The summed E-state index contributed by atoms with van der Waals surface area (Å²) in [4.78, 5) is 16.7. The minimum absolute atomic E-state index is 0.862. The molecular weight excluding hydrogens is 358 g/mol. The van der Waals surface area contributed by atoms with Gasteiger partial charge in [0.25, 0.3) is 0 Å². The Kier molecular flexibility index (Phi) is 5.13. The Morgan fingerprint density at radius 2 is 1.48 bits per heavy atom. The third-order valence-electron chi connectivity index (χ3n) is 5.99. The van der Waals surface area contributed by atoms with Crippen molar-refractivity contribution in [3.8, 4) is 0 Å². The first kappa shape index (κ1) is 18.1. The van der Waals surface area contributed by atoms with Gasteiger partial charge < -0.3 is 9.80 Å². The number of aromatic nitrogens is 2. The van der Waals surface area contributed by atoms with Crippen LogP contribution in [0.4, 0.5) is 11.8 Å². The molecule has 5 rings (SSSR count). The topological polar surface area (TPSA) is 35.5 Å². The molecule has 148 valence electrons. The zero-order chi connectivity index (χ0) is 19.5. The van der Waals surface area contributed by atoms with Gasteiger partial charge in [-0.15, -0.1) is 0 Å². The normalized spacial score (nSPS) is 17.2. The maximum Gasteiger partial charge on any atom is 0.227 e. The largest absolute Gasteiger partial charge is 0.352 e. The van der Waals surface area contributed by atoms with Crippen LogP contribution in [0.3, 0.4) is 0 Å². The third kappa shape index (κ3) is 4.10. The highest BCUT2D eigenvalue weighted by Crippen LogP contribution is 2.24. The molecule has 0 bridgehead atoms. The summed E-state index contributed by atoms with van der Waals surface area (Å²) >= 11 is 0. The maximum absolute atomic E-state index is 4.92. The average molecular weight is 386 g/mol. The lowest BCUT2D eigenvalue weighted by Gasteiger charge is -2.35. The Morgan fingerprint density at radius 1 is 0.724 bits per heavy atom. The van der Waals surface area contributed by atoms with Gasteiger partial charge in [-0.05, 0) is 29.2 Å². The average Bonchev–Trinajstić information content (AvgIpc) is 2.80. The third-order valence-corrected chi connectivity index (χ3v) is 5.99. The first-order valence-electron chi connectivity index (χ1n) is 10.5. The Hall–Kier alpha value is -2.92. The molecule has 0 unspecified atom stereocenters. The van der Waals surface area contributed by atoms with Crippen LogP contribution in [0.15, 0.2) is 66.9 Å². The zero-order valence-corrected chi connectivity index (χ0v) is 16.7. The fraction of sp³-hybridized carbons (Fsp3) is 0.333. The van der Waals surface area contributed by atoms with Gasteiger partial charge in [-0.3, -0.25) is 4.90 Å². The first-order valence-corrected chi connectivity index (χ1v) is 10.5. The van der Waals surface area contributed by atoms with Crippen molar-refractivity contribution in [2.75, 3.05) is 42.5 Å². The SMILES string of the molecule is c1ccc(CN2CCN(c3nccc(N4CCc5ccccc5C4)n3)CC2)cc1. The van der Waals surface area contributed by atoms with Crippen molar-refractivity contribution in [1.29, 1.82) is 0 Å². The van der Waals surface area contributed by atoms with E-state index in [2.05, 4.69) is 74.3 Å². The highest BCUT2D eigenvalue weighted by molar-refractivity contribution is 5.47. The molecule has 0 amide bonds. The predicted octanol–water partition coefficient (Wildman–Crippen LogP) is 3.36. The van der Waals surface area contributed by atoms with Gasteiger partial charge in [-0.1, -0.05) is 54.6 Å². The summed E-state index contributed by atoms with van der Waals surface area (Å²) in [6.45, 7) is 6.98. The van der Waals surface area contributed by atoms with E-state index < -0.39 is 0 Å². The second kappa shape index (κ2) is 8.21. The molecule has 0 atom stereocenters. The van der Waals surface area contributed by atoms with E-state index >= 15 is 0 Å². The van der Waals surface area contributed by atoms with Crippen LogP contribution in [0, 0.1) is 0 Å². The zero-order valence-electron chi connectivity index (χ0n) is 16.7. The number of piperazine rings is 1. The van der Waals surface area contributed by atoms with Crippen molar-refractivity contribution >= 4 is 11.8 Å². The number of hydrogen-bond acceptors (Lipinski definition) is 5. The number of benzene rings is 2. The fourth-order valence-electron chi connectivity index (χ4n) is 4.31. The number of rotatable bonds is 4. The Morgan fingerprint density at radius 3 is 2.31 bits per heavy atom. The highest BCUT2D eigenvalue weighted by Gasteiger charge is 2.21. The van der Waals surface area contributed by atoms with Crippen LogP contribution in [0.2, 0.25) is 0 Å². The predicted molar refractivity (Wildman–Crippen MR) is 117 cm³/mol. The van der Waals surface area contributed by atoms with Crippen molar-refractivity contribution < 1.29 is 0 Å². The quantitative estimate of drug-likeness (QED) is 0.688. The lowest BCUT2D eigenvalue weighted by atomic mass is 10.00. The van der Waals surface area contributed by atoms with E-state index in [-0.39, 0.29) is 0 Å². The molecule has 5 nitrogen and oxygen atoms in total. The summed E-state index contributed by atoms with van der Waals surface area (Å²) in [5, 5.41) is 0.